The molecule has 0 saturated carbocycles. The number of nitrogens with one attached hydrogen (secondary N) is 1. The topological polar surface area (TPSA) is 63.5 Å². The summed E-state index contributed by atoms with van der Waals surface area (Å²) < 4.78 is 29.2. The molecule has 9 heteroatoms. The smallest absolute Gasteiger partial charge is 0.278 e. The number of imidazole rings is 1. The maximum atomic E-state index is 12.6. The Bertz CT molecular complexity index is 902. The highest BCUT2D eigenvalue weighted by Crippen LogP contribution is 2.30. The quantitative estimate of drug-likeness (QED) is 0.723. The van der Waals surface area contributed by atoms with Gasteiger partial charge in [0.2, 0.25) is 0 Å². The summed E-state index contributed by atoms with van der Waals surface area (Å²) in [5.41, 5.74) is 0.520. The second-order valence-electron chi connectivity index (χ2n) is 4.07. The van der Waals surface area contributed by atoms with Gasteiger partial charge in [0.1, 0.15) is 0 Å². The molecule has 0 amide bonds. The molecular weight excluding hydrogens is 350 g/mol. The molecule has 0 aliphatic heterocycles. The molecule has 3 aromatic rings. The maximum Gasteiger partial charge on any atom is 0.281 e. The van der Waals surface area contributed by atoms with Crippen molar-refractivity contribution in [2.45, 2.75) is 9.92 Å². The van der Waals surface area contributed by atoms with Crippen LogP contribution in [0.15, 0.2) is 45.8 Å². The number of aromatic nitrogens is 2. The van der Waals surface area contributed by atoms with E-state index < -0.39 is 10.0 Å². The first-order chi connectivity index (χ1) is 10.0. The number of halogens is 1. The van der Waals surface area contributed by atoms with Crippen molar-refractivity contribution in [2.24, 2.45) is 0 Å². The predicted octanol–water partition coefficient (Wildman–Crippen LogP) is 3.57. The molecule has 0 aliphatic rings. The molecule has 0 spiro atoms. The molecule has 0 atom stereocenters. The van der Waals surface area contributed by atoms with Crippen LogP contribution in [0.25, 0.3) is 4.96 Å². The number of fused-ring (bicyclic) bond motifs is 1. The zero-order chi connectivity index (χ0) is 15.0. The van der Waals surface area contributed by atoms with Gasteiger partial charge in [-0.15, -0.1) is 23.1 Å². The zero-order valence-electron chi connectivity index (χ0n) is 10.8. The van der Waals surface area contributed by atoms with Gasteiger partial charge in [-0.1, -0.05) is 23.7 Å². The first-order valence-corrected chi connectivity index (χ1v) is 9.76. The summed E-state index contributed by atoms with van der Waals surface area (Å²) in [5, 5.41) is 1.68. The summed E-state index contributed by atoms with van der Waals surface area (Å²) in [7, 11) is -3.82. The Morgan fingerprint density at radius 2 is 2.14 bits per heavy atom. The third kappa shape index (κ3) is 2.64. The molecule has 0 fully saturated rings. The summed E-state index contributed by atoms with van der Waals surface area (Å²) in [5.74, 6) is 0. The van der Waals surface area contributed by atoms with Gasteiger partial charge in [-0.3, -0.25) is 9.12 Å². The highest BCUT2D eigenvalue weighted by molar-refractivity contribution is 7.99. The van der Waals surface area contributed by atoms with E-state index in [1.807, 2.05) is 18.4 Å². The van der Waals surface area contributed by atoms with E-state index in [4.69, 9.17) is 11.6 Å². The molecule has 3 rings (SSSR count). The van der Waals surface area contributed by atoms with E-state index in [9.17, 15) is 8.42 Å². The number of para-hydroxylation sites is 1. The molecule has 0 aliphatic carbocycles. The first kappa shape index (κ1) is 14.7. The number of thiazole rings is 1. The van der Waals surface area contributed by atoms with Gasteiger partial charge in [0.25, 0.3) is 10.0 Å². The highest BCUT2D eigenvalue weighted by atomic mass is 35.5. The number of thioether (sulfide) groups is 1. The molecule has 1 aromatic carbocycles. The summed E-state index contributed by atoms with van der Waals surface area (Å²) in [6.07, 6.45) is 3.52. The summed E-state index contributed by atoms with van der Waals surface area (Å²) in [4.78, 5) is 5.42. The van der Waals surface area contributed by atoms with E-state index in [2.05, 4.69) is 9.71 Å². The number of benzene rings is 1. The second kappa shape index (κ2) is 5.53. The summed E-state index contributed by atoms with van der Waals surface area (Å²) in [6, 6.07) is 7.19. The van der Waals surface area contributed by atoms with Crippen molar-refractivity contribution in [3.63, 3.8) is 0 Å². The summed E-state index contributed by atoms with van der Waals surface area (Å²) >= 11 is 8.77. The number of sulfonamides is 1. The van der Waals surface area contributed by atoms with Crippen LogP contribution in [0.3, 0.4) is 0 Å². The van der Waals surface area contributed by atoms with Crippen LogP contribution in [0, 0.1) is 0 Å². The molecule has 21 heavy (non-hydrogen) atoms. The van der Waals surface area contributed by atoms with E-state index in [1.165, 1.54) is 27.5 Å². The van der Waals surface area contributed by atoms with Crippen LogP contribution < -0.4 is 4.72 Å². The molecule has 5 nitrogen and oxygen atoms in total. The van der Waals surface area contributed by atoms with Crippen molar-refractivity contribution >= 4 is 55.4 Å². The Hall–Kier alpha value is -1.22. The Balaban J connectivity index is 2.09. The average molecular weight is 360 g/mol. The van der Waals surface area contributed by atoms with Crippen LogP contribution in [-0.2, 0) is 10.0 Å². The second-order valence-corrected chi connectivity index (χ2v) is 7.75. The molecular formula is C12H10ClN3O2S3. The lowest BCUT2D eigenvalue weighted by molar-refractivity contribution is 0.596. The minimum absolute atomic E-state index is 0.0315. The van der Waals surface area contributed by atoms with Gasteiger partial charge in [0.05, 0.1) is 5.69 Å². The highest BCUT2D eigenvalue weighted by Gasteiger charge is 2.25. The number of hydrogen-bond donors (Lipinski definition) is 1. The fourth-order valence-electron chi connectivity index (χ4n) is 1.90. The van der Waals surface area contributed by atoms with Crippen LogP contribution in [0.4, 0.5) is 5.69 Å². The molecule has 110 valence electrons. The SMILES string of the molecule is CSc1ccccc1NS(=O)(=O)c1c(Cl)nc2sccn12. The fourth-order valence-corrected chi connectivity index (χ4v) is 5.05. The normalized spacial score (nSPS) is 11.9. The van der Waals surface area contributed by atoms with Crippen LogP contribution in [0.1, 0.15) is 0 Å². The number of hydrogen-bond acceptors (Lipinski definition) is 5. The largest absolute Gasteiger partial charge is 0.281 e. The van der Waals surface area contributed by atoms with E-state index in [0.29, 0.717) is 10.6 Å². The third-order valence-corrected chi connectivity index (χ3v) is 6.10. The minimum atomic E-state index is -3.82. The van der Waals surface area contributed by atoms with Gasteiger partial charge in [0, 0.05) is 16.5 Å². The van der Waals surface area contributed by atoms with Gasteiger partial charge in [-0.05, 0) is 18.4 Å². The summed E-state index contributed by atoms with van der Waals surface area (Å²) in [6.45, 7) is 0. The van der Waals surface area contributed by atoms with E-state index in [-0.39, 0.29) is 10.2 Å². The Morgan fingerprint density at radius 3 is 2.90 bits per heavy atom. The van der Waals surface area contributed by atoms with Crippen molar-refractivity contribution in [3.05, 3.63) is 41.0 Å². The van der Waals surface area contributed by atoms with Gasteiger partial charge in [-0.2, -0.15) is 8.42 Å². The van der Waals surface area contributed by atoms with Gasteiger partial charge in [0.15, 0.2) is 15.1 Å². The lowest BCUT2D eigenvalue weighted by Gasteiger charge is -2.10. The predicted molar refractivity (Wildman–Crippen MR) is 87.1 cm³/mol. The Morgan fingerprint density at radius 1 is 1.38 bits per heavy atom. The maximum absolute atomic E-state index is 12.6. The molecule has 2 heterocycles. The molecule has 0 saturated heterocycles. The van der Waals surface area contributed by atoms with E-state index in [0.717, 1.165) is 4.90 Å². The van der Waals surface area contributed by atoms with Gasteiger partial charge in [-0.25, -0.2) is 4.98 Å². The van der Waals surface area contributed by atoms with Crippen molar-refractivity contribution in [3.8, 4) is 0 Å². The molecule has 0 unspecified atom stereocenters. The number of anilines is 1. The standard InChI is InChI=1S/C12H10ClN3O2S3/c1-19-9-5-3-2-4-8(9)15-21(17,18)11-10(13)14-12-16(11)6-7-20-12/h2-7,15H,1H3. The monoisotopic (exact) mass is 359 g/mol. The number of nitrogens with zero attached hydrogens (tertiary/aromatic N) is 2. The first-order valence-electron chi connectivity index (χ1n) is 5.80. The molecule has 0 bridgehead atoms. The van der Waals surface area contributed by atoms with Crippen LogP contribution in [0.2, 0.25) is 5.15 Å². The van der Waals surface area contributed by atoms with Gasteiger partial charge >= 0.3 is 0 Å². The number of rotatable bonds is 4. The third-order valence-electron chi connectivity index (χ3n) is 2.78. The van der Waals surface area contributed by atoms with Crippen molar-refractivity contribution in [2.75, 3.05) is 11.0 Å². The fraction of sp³-hybridized carbons (Fsp3) is 0.0833. The molecule has 0 radical (unpaired) electrons. The lowest BCUT2D eigenvalue weighted by atomic mass is 10.3. The Kier molecular flexibility index (Phi) is 3.87. The van der Waals surface area contributed by atoms with Crippen molar-refractivity contribution in [1.82, 2.24) is 9.38 Å². The van der Waals surface area contributed by atoms with Crippen molar-refractivity contribution < 1.29 is 8.42 Å². The molecule has 1 N–H and O–H groups in total. The van der Waals surface area contributed by atoms with Crippen LogP contribution in [-0.4, -0.2) is 24.1 Å². The van der Waals surface area contributed by atoms with Gasteiger partial charge < -0.3 is 0 Å². The Labute approximate surface area is 135 Å². The molecule has 2 aromatic heterocycles. The van der Waals surface area contributed by atoms with Crippen LogP contribution in [0.5, 0.6) is 0 Å². The van der Waals surface area contributed by atoms with Crippen LogP contribution >= 0.6 is 34.7 Å². The zero-order valence-corrected chi connectivity index (χ0v) is 14.0. The lowest BCUT2D eigenvalue weighted by Crippen LogP contribution is -2.15. The van der Waals surface area contributed by atoms with Crippen molar-refractivity contribution in [1.29, 1.82) is 0 Å². The van der Waals surface area contributed by atoms with E-state index >= 15 is 0 Å². The van der Waals surface area contributed by atoms with E-state index in [1.54, 1.807) is 23.7 Å². The minimum Gasteiger partial charge on any atom is -0.278 e. The average Bonchev–Trinajstić information content (AvgIpc) is 2.98.